The van der Waals surface area contributed by atoms with Crippen LogP contribution in [0.2, 0.25) is 0 Å². The number of amides is 1. The Morgan fingerprint density at radius 2 is 1.77 bits per heavy atom. The lowest BCUT2D eigenvalue weighted by atomic mass is 9.91. The van der Waals surface area contributed by atoms with E-state index in [2.05, 4.69) is 49.7 Å². The third-order valence-electron chi connectivity index (χ3n) is 6.09. The van der Waals surface area contributed by atoms with Crippen molar-refractivity contribution >= 4 is 5.91 Å². The number of rotatable bonds is 7. The molecule has 7 nitrogen and oxygen atoms in total. The van der Waals surface area contributed by atoms with Crippen molar-refractivity contribution in [2.75, 3.05) is 13.6 Å². The molecule has 0 radical (unpaired) electrons. The van der Waals surface area contributed by atoms with E-state index in [1.54, 1.807) is 0 Å². The Hall–Kier alpha value is -3.19. The molecule has 0 saturated carbocycles. The number of likely N-dealkylation sites (N-methyl/N-ethyl adjacent to an activating group) is 1. The van der Waals surface area contributed by atoms with Crippen molar-refractivity contribution in [1.82, 2.24) is 25.4 Å². The smallest absolute Gasteiger partial charge is 0.340 e. The molecule has 0 aliphatic heterocycles. The minimum absolute atomic E-state index is 0.0504. The summed E-state index contributed by atoms with van der Waals surface area (Å²) in [6, 6.07) is 18.1. The van der Waals surface area contributed by atoms with Crippen molar-refractivity contribution in [3.63, 3.8) is 0 Å². The van der Waals surface area contributed by atoms with E-state index < -0.39 is 11.6 Å². The number of aromatic amines is 2. The molecule has 1 aliphatic rings. The molecule has 1 amide bonds. The van der Waals surface area contributed by atoms with E-state index in [0.717, 1.165) is 13.0 Å². The third kappa shape index (κ3) is 3.93. The third-order valence-corrected chi connectivity index (χ3v) is 6.09. The number of hydrogen-bond acceptors (Lipinski definition) is 4. The first-order chi connectivity index (χ1) is 14.5. The summed E-state index contributed by atoms with van der Waals surface area (Å²) in [5.41, 5.74) is 2.61. The van der Waals surface area contributed by atoms with E-state index in [4.69, 9.17) is 0 Å². The fourth-order valence-corrected chi connectivity index (χ4v) is 4.24. The molecule has 3 aromatic rings. The summed E-state index contributed by atoms with van der Waals surface area (Å²) < 4.78 is 0. The largest absolute Gasteiger partial charge is 0.345 e. The monoisotopic (exact) mass is 405 g/mol. The number of nitrogens with one attached hydrogen (secondary N) is 3. The zero-order valence-corrected chi connectivity index (χ0v) is 17.3. The summed E-state index contributed by atoms with van der Waals surface area (Å²) >= 11 is 0. The lowest BCUT2D eigenvalue weighted by Crippen LogP contribution is -2.59. The summed E-state index contributed by atoms with van der Waals surface area (Å²) in [5.74, 6) is 0.372. The van der Waals surface area contributed by atoms with E-state index in [1.165, 1.54) is 16.7 Å². The first-order valence-corrected chi connectivity index (χ1v) is 10.3. The van der Waals surface area contributed by atoms with E-state index in [0.29, 0.717) is 18.7 Å². The fraction of sp³-hybridized carbons (Fsp3) is 0.348. The fourth-order valence-electron chi connectivity index (χ4n) is 4.24. The summed E-state index contributed by atoms with van der Waals surface area (Å²) in [4.78, 5) is 29.8. The lowest BCUT2D eigenvalue weighted by Gasteiger charge is -2.38. The molecule has 0 saturated heterocycles. The number of hydrogen-bond donors (Lipinski definition) is 3. The Bertz CT molecular complexity index is 1050. The molecule has 0 spiro atoms. The van der Waals surface area contributed by atoms with Crippen LogP contribution in [0.5, 0.6) is 0 Å². The summed E-state index contributed by atoms with van der Waals surface area (Å²) in [6.45, 7) is 2.59. The van der Waals surface area contributed by atoms with Crippen molar-refractivity contribution in [3.05, 3.63) is 87.6 Å². The summed E-state index contributed by atoms with van der Waals surface area (Å²) in [5, 5.41) is 9.38. The van der Waals surface area contributed by atoms with Crippen molar-refractivity contribution < 1.29 is 4.79 Å². The molecule has 0 unspecified atom stereocenters. The molecule has 0 fully saturated rings. The molecule has 1 aromatic heterocycles. The molecule has 2 aromatic carbocycles. The van der Waals surface area contributed by atoms with Gasteiger partial charge in [-0.25, -0.2) is 9.89 Å². The highest BCUT2D eigenvalue weighted by atomic mass is 16.2. The minimum Gasteiger partial charge on any atom is -0.345 e. The molecule has 30 heavy (non-hydrogen) atoms. The van der Waals surface area contributed by atoms with E-state index in [1.807, 2.05) is 44.3 Å². The minimum atomic E-state index is -0.677. The Labute approximate surface area is 175 Å². The Morgan fingerprint density at radius 3 is 2.37 bits per heavy atom. The Balaban J connectivity index is 1.56. The van der Waals surface area contributed by atoms with Crippen LogP contribution in [0, 0.1) is 0 Å². The number of H-pyrrole nitrogens is 2. The van der Waals surface area contributed by atoms with Gasteiger partial charge in [-0.1, -0.05) is 54.6 Å². The molecule has 4 rings (SSSR count). The van der Waals surface area contributed by atoms with Gasteiger partial charge in [0.05, 0.1) is 6.04 Å². The zero-order valence-electron chi connectivity index (χ0n) is 17.3. The number of fused-ring (bicyclic) bond motifs is 1. The second kappa shape index (κ2) is 8.28. The molecule has 3 N–H and O–H groups in total. The maximum atomic E-state index is 13.6. The highest BCUT2D eigenvalue weighted by Crippen LogP contribution is 2.35. The molecular formula is C23H27N5O2. The predicted octanol–water partition coefficient (Wildman–Crippen LogP) is 1.99. The van der Waals surface area contributed by atoms with Gasteiger partial charge in [0.1, 0.15) is 5.54 Å². The number of carbonyl (C=O) groups excluding carboxylic acids is 1. The highest BCUT2D eigenvalue weighted by Gasteiger charge is 2.47. The SMILES string of the molecule is C[C@@H](NC(=O)C1(N(C)CCc2ccccc2)Cc2ccccc2C1)c1n[nH]c(=O)[nH]1. The molecule has 156 valence electrons. The van der Waals surface area contributed by atoms with Gasteiger partial charge in [-0.2, -0.15) is 5.10 Å². The average molecular weight is 406 g/mol. The summed E-state index contributed by atoms with van der Waals surface area (Å²) in [7, 11) is 2.02. The van der Waals surface area contributed by atoms with Gasteiger partial charge in [0.2, 0.25) is 5.91 Å². The van der Waals surface area contributed by atoms with Gasteiger partial charge >= 0.3 is 5.69 Å². The first kappa shape index (κ1) is 20.1. The molecule has 1 heterocycles. The number of carbonyl (C=O) groups is 1. The maximum Gasteiger partial charge on any atom is 0.340 e. The van der Waals surface area contributed by atoms with Gasteiger partial charge in [0.25, 0.3) is 0 Å². The predicted molar refractivity (Wildman–Crippen MR) is 115 cm³/mol. The number of benzene rings is 2. The van der Waals surface area contributed by atoms with Crippen molar-refractivity contribution in [2.24, 2.45) is 0 Å². The second-order valence-corrected chi connectivity index (χ2v) is 8.07. The highest BCUT2D eigenvalue weighted by molar-refractivity contribution is 5.88. The quantitative estimate of drug-likeness (QED) is 0.560. The number of nitrogens with zero attached hydrogens (tertiary/aromatic N) is 2. The first-order valence-electron chi connectivity index (χ1n) is 10.3. The molecule has 1 aliphatic carbocycles. The maximum absolute atomic E-state index is 13.6. The Morgan fingerprint density at radius 1 is 1.13 bits per heavy atom. The normalized spacial score (nSPS) is 15.7. The standard InChI is InChI=1S/C23H27N5O2/c1-16(20-25-22(30)27-26-20)24-21(29)23(14-18-10-6-7-11-19(18)15-23)28(2)13-12-17-8-4-3-5-9-17/h3-11,16H,12-15H2,1-2H3,(H,24,29)(H2,25,26,27,30)/t16-/m1/s1. The van der Waals surface area contributed by atoms with Crippen LogP contribution in [0.4, 0.5) is 0 Å². The van der Waals surface area contributed by atoms with Crippen LogP contribution in [0.3, 0.4) is 0 Å². The van der Waals surface area contributed by atoms with Crippen molar-refractivity contribution in [1.29, 1.82) is 0 Å². The summed E-state index contributed by atoms with van der Waals surface area (Å²) in [6.07, 6.45) is 2.18. The molecule has 7 heteroatoms. The molecule has 0 bridgehead atoms. The zero-order chi connectivity index (χ0) is 21.1. The van der Waals surface area contributed by atoms with Crippen molar-refractivity contribution in [2.45, 2.75) is 37.8 Å². The van der Waals surface area contributed by atoms with Crippen molar-refractivity contribution in [3.8, 4) is 0 Å². The average Bonchev–Trinajstić information content (AvgIpc) is 3.37. The Kier molecular flexibility index (Phi) is 5.55. The van der Waals surface area contributed by atoms with E-state index >= 15 is 0 Å². The number of aromatic nitrogens is 3. The van der Waals surface area contributed by atoms with Crippen LogP contribution in [-0.4, -0.2) is 45.1 Å². The van der Waals surface area contributed by atoms with Gasteiger partial charge < -0.3 is 5.32 Å². The van der Waals surface area contributed by atoms with Gasteiger partial charge in [-0.05, 0) is 37.1 Å². The van der Waals surface area contributed by atoms with Gasteiger partial charge in [-0.15, -0.1) is 0 Å². The van der Waals surface area contributed by atoms with Crippen LogP contribution in [0.25, 0.3) is 0 Å². The van der Waals surface area contributed by atoms with E-state index in [-0.39, 0.29) is 11.6 Å². The van der Waals surface area contributed by atoms with Crippen LogP contribution < -0.4 is 11.0 Å². The lowest BCUT2D eigenvalue weighted by molar-refractivity contribution is -0.133. The van der Waals surface area contributed by atoms with Crippen LogP contribution in [0.15, 0.2) is 59.4 Å². The van der Waals surface area contributed by atoms with Crippen LogP contribution in [0.1, 0.15) is 35.5 Å². The van der Waals surface area contributed by atoms with Crippen LogP contribution in [-0.2, 0) is 24.1 Å². The molecule has 1 atom stereocenters. The second-order valence-electron chi connectivity index (χ2n) is 8.07. The van der Waals surface area contributed by atoms with Gasteiger partial charge in [0, 0.05) is 19.4 Å². The topological polar surface area (TPSA) is 93.9 Å². The van der Waals surface area contributed by atoms with E-state index in [9.17, 15) is 9.59 Å². The van der Waals surface area contributed by atoms with Gasteiger partial charge in [0.15, 0.2) is 5.82 Å². The van der Waals surface area contributed by atoms with Crippen LogP contribution >= 0.6 is 0 Å². The van der Waals surface area contributed by atoms with Gasteiger partial charge in [-0.3, -0.25) is 14.7 Å². The molecular weight excluding hydrogens is 378 g/mol.